The van der Waals surface area contributed by atoms with Crippen molar-refractivity contribution >= 4 is 22.8 Å². The van der Waals surface area contributed by atoms with Crippen molar-refractivity contribution in [1.29, 1.82) is 0 Å². The van der Waals surface area contributed by atoms with Crippen molar-refractivity contribution in [1.82, 2.24) is 20.3 Å². The number of nitrogens with zero attached hydrogens (tertiary/aromatic N) is 2. The molecule has 29 heavy (non-hydrogen) atoms. The van der Waals surface area contributed by atoms with Gasteiger partial charge in [0.15, 0.2) is 5.65 Å². The molecule has 3 heterocycles. The number of carbonyl (C=O) groups excluding carboxylic acids is 1. The summed E-state index contributed by atoms with van der Waals surface area (Å²) in [4.78, 5) is 35.3. The molecule has 2 aromatic heterocycles. The number of fused-ring (bicyclic) bond motifs is 1. The van der Waals surface area contributed by atoms with Crippen LogP contribution in [0.2, 0.25) is 0 Å². The molecule has 0 aliphatic carbocycles. The Bertz CT molecular complexity index is 1100. The van der Waals surface area contributed by atoms with Crippen LogP contribution in [0.15, 0.2) is 35.3 Å². The average Bonchev–Trinajstić information content (AvgIpc) is 3.07. The zero-order valence-corrected chi connectivity index (χ0v) is 15.9. The fourth-order valence-electron chi connectivity index (χ4n) is 3.67. The fourth-order valence-corrected chi connectivity index (χ4v) is 3.67. The lowest BCUT2D eigenvalue weighted by Gasteiger charge is -2.34. The summed E-state index contributed by atoms with van der Waals surface area (Å²) >= 11 is 0. The number of nitrogens with one attached hydrogen (secondary N) is 3. The number of aliphatic hydroxyl groups excluding tert-OH is 1. The molecule has 1 unspecified atom stereocenters. The molecule has 1 aromatic carbocycles. The predicted molar refractivity (Wildman–Crippen MR) is 106 cm³/mol. The number of imidazole rings is 1. The van der Waals surface area contributed by atoms with E-state index in [4.69, 9.17) is 0 Å². The highest BCUT2D eigenvalue weighted by Crippen LogP contribution is 2.30. The van der Waals surface area contributed by atoms with Crippen LogP contribution in [-0.4, -0.2) is 45.2 Å². The minimum absolute atomic E-state index is 0.290. The first-order valence-corrected chi connectivity index (χ1v) is 9.52. The van der Waals surface area contributed by atoms with Gasteiger partial charge in [-0.25, -0.2) is 14.2 Å². The number of H-pyrrole nitrogens is 2. The highest BCUT2D eigenvalue weighted by Gasteiger charge is 2.23. The van der Waals surface area contributed by atoms with Gasteiger partial charge in [0, 0.05) is 30.5 Å². The summed E-state index contributed by atoms with van der Waals surface area (Å²) in [6.07, 6.45) is 2.37. The molecule has 4 rings (SSSR count). The first-order valence-electron chi connectivity index (χ1n) is 9.52. The number of hydrogen-bond donors (Lipinski definition) is 4. The van der Waals surface area contributed by atoms with Crippen molar-refractivity contribution in [2.24, 2.45) is 0 Å². The smallest absolute Gasteiger partial charge is 0.325 e. The Morgan fingerprint density at radius 1 is 1.31 bits per heavy atom. The lowest BCUT2D eigenvalue weighted by Crippen LogP contribution is -2.37. The number of benzene rings is 1. The van der Waals surface area contributed by atoms with Gasteiger partial charge in [-0.3, -0.25) is 9.78 Å². The standard InChI is InChI=1S/C20H22FN5O3/c1-11(23-19(28)12-8-16-18(22-10-12)25-20(29)24-16)15-9-13(21)2-3-17(15)26-6-4-14(27)5-7-26/h2-3,8-11,14,27H,4-7H2,1H3,(H,23,28)(H2,22,24,25,29). The van der Waals surface area contributed by atoms with Gasteiger partial charge in [0.2, 0.25) is 0 Å². The predicted octanol–water partition coefficient (Wildman–Crippen LogP) is 1.84. The maximum Gasteiger partial charge on any atom is 0.325 e. The first kappa shape index (κ1) is 19.1. The van der Waals surface area contributed by atoms with Gasteiger partial charge in [-0.05, 0) is 44.0 Å². The van der Waals surface area contributed by atoms with Crippen LogP contribution >= 0.6 is 0 Å². The molecule has 1 saturated heterocycles. The number of hydrogen-bond acceptors (Lipinski definition) is 5. The molecule has 0 bridgehead atoms. The molecule has 1 fully saturated rings. The van der Waals surface area contributed by atoms with Crippen LogP contribution in [0, 0.1) is 5.82 Å². The van der Waals surface area contributed by atoms with E-state index in [0.717, 1.165) is 5.69 Å². The molecular formula is C20H22FN5O3. The molecule has 0 radical (unpaired) electrons. The van der Waals surface area contributed by atoms with Crippen molar-refractivity contribution in [2.45, 2.75) is 31.9 Å². The SMILES string of the molecule is CC(NC(=O)c1cnc2[nH]c(=O)[nH]c2c1)c1cc(F)ccc1N1CCC(O)CC1. The van der Waals surface area contributed by atoms with E-state index in [9.17, 15) is 19.1 Å². The summed E-state index contributed by atoms with van der Waals surface area (Å²) < 4.78 is 14.0. The normalized spacial score (nSPS) is 16.2. The van der Waals surface area contributed by atoms with Gasteiger partial charge >= 0.3 is 5.69 Å². The van der Waals surface area contributed by atoms with Gasteiger partial charge in [0.1, 0.15) is 5.82 Å². The molecule has 1 amide bonds. The maximum absolute atomic E-state index is 14.0. The second-order valence-corrected chi connectivity index (χ2v) is 7.32. The molecular weight excluding hydrogens is 377 g/mol. The molecule has 4 N–H and O–H groups in total. The van der Waals surface area contributed by atoms with Crippen LogP contribution in [0.5, 0.6) is 0 Å². The number of aromatic nitrogens is 3. The quantitative estimate of drug-likeness (QED) is 0.535. The molecule has 9 heteroatoms. The molecule has 3 aromatic rings. The average molecular weight is 399 g/mol. The summed E-state index contributed by atoms with van der Waals surface area (Å²) in [5.41, 5.74) is 2.22. The number of aromatic amines is 2. The van der Waals surface area contributed by atoms with Gasteiger partial charge in [0.25, 0.3) is 5.91 Å². The topological polar surface area (TPSA) is 114 Å². The third-order valence-electron chi connectivity index (χ3n) is 5.24. The lowest BCUT2D eigenvalue weighted by molar-refractivity contribution is 0.0939. The fraction of sp³-hybridized carbons (Fsp3) is 0.350. The van der Waals surface area contributed by atoms with Crippen LogP contribution in [0.25, 0.3) is 11.2 Å². The Hall–Kier alpha value is -3.20. The van der Waals surface area contributed by atoms with Crippen molar-refractivity contribution < 1.29 is 14.3 Å². The number of piperidine rings is 1. The molecule has 0 saturated carbocycles. The minimum Gasteiger partial charge on any atom is -0.393 e. The molecule has 1 aliphatic rings. The molecule has 152 valence electrons. The number of rotatable bonds is 4. The Morgan fingerprint density at radius 3 is 2.83 bits per heavy atom. The summed E-state index contributed by atoms with van der Waals surface area (Å²) in [5, 5.41) is 12.6. The van der Waals surface area contributed by atoms with E-state index in [0.29, 0.717) is 48.2 Å². The van der Waals surface area contributed by atoms with E-state index in [1.165, 1.54) is 18.3 Å². The minimum atomic E-state index is -0.457. The second kappa shape index (κ2) is 7.67. The Kier molecular flexibility index (Phi) is 5.06. The number of amides is 1. The van der Waals surface area contributed by atoms with Crippen molar-refractivity contribution in [3.8, 4) is 0 Å². The highest BCUT2D eigenvalue weighted by atomic mass is 19.1. The summed E-state index contributed by atoms with van der Waals surface area (Å²) in [6.45, 7) is 3.13. The monoisotopic (exact) mass is 399 g/mol. The summed E-state index contributed by atoms with van der Waals surface area (Å²) in [5.74, 6) is -0.756. The first-order chi connectivity index (χ1) is 13.9. The Morgan fingerprint density at radius 2 is 2.07 bits per heavy atom. The number of carbonyl (C=O) groups is 1. The van der Waals surface area contributed by atoms with Crippen LogP contribution in [0.4, 0.5) is 10.1 Å². The van der Waals surface area contributed by atoms with Crippen LogP contribution < -0.4 is 15.9 Å². The number of aliphatic hydroxyl groups is 1. The van der Waals surface area contributed by atoms with Gasteiger partial charge in [-0.1, -0.05) is 0 Å². The van der Waals surface area contributed by atoms with E-state index in [1.807, 2.05) is 0 Å². The van der Waals surface area contributed by atoms with E-state index < -0.39 is 11.7 Å². The second-order valence-electron chi connectivity index (χ2n) is 7.32. The maximum atomic E-state index is 14.0. The molecule has 1 aliphatic heterocycles. The van der Waals surface area contributed by atoms with Gasteiger partial charge in [0.05, 0.1) is 23.2 Å². The lowest BCUT2D eigenvalue weighted by atomic mass is 10.0. The van der Waals surface area contributed by atoms with E-state index in [2.05, 4.69) is 25.2 Å². The van der Waals surface area contributed by atoms with Gasteiger partial charge in [-0.15, -0.1) is 0 Å². The van der Waals surface area contributed by atoms with Crippen LogP contribution in [-0.2, 0) is 0 Å². The van der Waals surface area contributed by atoms with Crippen molar-refractivity contribution in [3.05, 3.63) is 57.9 Å². The van der Waals surface area contributed by atoms with Crippen LogP contribution in [0.1, 0.15) is 41.7 Å². The number of halogens is 1. The third kappa shape index (κ3) is 4.00. The van der Waals surface area contributed by atoms with E-state index in [-0.39, 0.29) is 17.8 Å². The molecule has 8 nitrogen and oxygen atoms in total. The largest absolute Gasteiger partial charge is 0.393 e. The molecule has 0 spiro atoms. The number of anilines is 1. The zero-order valence-electron chi connectivity index (χ0n) is 15.9. The van der Waals surface area contributed by atoms with E-state index >= 15 is 0 Å². The summed E-state index contributed by atoms with van der Waals surface area (Å²) in [7, 11) is 0. The Balaban J connectivity index is 1.56. The zero-order chi connectivity index (χ0) is 20.5. The summed E-state index contributed by atoms with van der Waals surface area (Å²) in [6, 6.07) is 5.62. The third-order valence-corrected chi connectivity index (χ3v) is 5.24. The Labute approximate surface area is 165 Å². The highest BCUT2D eigenvalue weighted by molar-refractivity contribution is 5.96. The number of pyridine rings is 1. The van der Waals surface area contributed by atoms with Crippen molar-refractivity contribution in [2.75, 3.05) is 18.0 Å². The van der Waals surface area contributed by atoms with Gasteiger partial charge < -0.3 is 20.3 Å². The van der Waals surface area contributed by atoms with Crippen molar-refractivity contribution in [3.63, 3.8) is 0 Å². The van der Waals surface area contributed by atoms with Gasteiger partial charge in [-0.2, -0.15) is 0 Å². The van der Waals surface area contributed by atoms with Crippen LogP contribution in [0.3, 0.4) is 0 Å². The molecule has 1 atom stereocenters. The van der Waals surface area contributed by atoms with E-state index in [1.54, 1.807) is 19.1 Å².